The standard InChI is InChI=1S/C11H16BrN3/c1-14(2)9-4-6-15(8-9)11-3-5-13-7-10(11)12/h3,5,7,9H,4,6,8H2,1-2H3. The smallest absolute Gasteiger partial charge is 0.0592 e. The lowest BCUT2D eigenvalue weighted by molar-refractivity contribution is 0.315. The fourth-order valence-corrected chi connectivity index (χ4v) is 2.51. The van der Waals surface area contributed by atoms with E-state index >= 15 is 0 Å². The molecular formula is C11H16BrN3. The van der Waals surface area contributed by atoms with Crippen LogP contribution in [-0.2, 0) is 0 Å². The van der Waals surface area contributed by atoms with Gasteiger partial charge < -0.3 is 9.80 Å². The molecule has 0 spiro atoms. The molecule has 0 saturated carbocycles. The Morgan fingerprint density at radius 2 is 2.33 bits per heavy atom. The maximum atomic E-state index is 4.09. The first-order chi connectivity index (χ1) is 7.18. The zero-order valence-electron chi connectivity index (χ0n) is 9.15. The molecule has 0 aliphatic carbocycles. The van der Waals surface area contributed by atoms with E-state index < -0.39 is 0 Å². The number of pyridine rings is 1. The second kappa shape index (κ2) is 4.49. The Labute approximate surface area is 99.2 Å². The summed E-state index contributed by atoms with van der Waals surface area (Å²) < 4.78 is 1.09. The molecular weight excluding hydrogens is 254 g/mol. The zero-order valence-corrected chi connectivity index (χ0v) is 10.7. The molecule has 0 aromatic carbocycles. The molecule has 0 amide bonds. The van der Waals surface area contributed by atoms with E-state index in [9.17, 15) is 0 Å². The molecule has 1 aromatic rings. The molecule has 3 nitrogen and oxygen atoms in total. The van der Waals surface area contributed by atoms with E-state index in [0.717, 1.165) is 17.6 Å². The summed E-state index contributed by atoms with van der Waals surface area (Å²) in [6.07, 6.45) is 4.95. The highest BCUT2D eigenvalue weighted by atomic mass is 79.9. The third-order valence-corrected chi connectivity index (χ3v) is 3.60. The van der Waals surface area contributed by atoms with E-state index in [1.165, 1.54) is 12.1 Å². The first-order valence-electron chi connectivity index (χ1n) is 5.19. The molecule has 0 radical (unpaired) electrons. The largest absolute Gasteiger partial charge is 0.369 e. The zero-order chi connectivity index (χ0) is 10.8. The van der Waals surface area contributed by atoms with Gasteiger partial charge in [-0.1, -0.05) is 0 Å². The number of hydrogen-bond acceptors (Lipinski definition) is 3. The maximum absolute atomic E-state index is 4.09. The van der Waals surface area contributed by atoms with Crippen LogP contribution in [0.3, 0.4) is 0 Å². The fraction of sp³-hybridized carbons (Fsp3) is 0.545. The minimum Gasteiger partial charge on any atom is -0.369 e. The molecule has 4 heteroatoms. The molecule has 1 aliphatic rings. The summed E-state index contributed by atoms with van der Waals surface area (Å²) >= 11 is 3.55. The molecule has 2 rings (SSSR count). The highest BCUT2D eigenvalue weighted by Crippen LogP contribution is 2.28. The van der Waals surface area contributed by atoms with Crippen LogP contribution >= 0.6 is 15.9 Å². The average Bonchev–Trinajstić information content (AvgIpc) is 2.67. The minimum atomic E-state index is 0.671. The van der Waals surface area contributed by atoms with Gasteiger partial charge in [-0.25, -0.2) is 0 Å². The summed E-state index contributed by atoms with van der Waals surface area (Å²) in [5.74, 6) is 0. The first kappa shape index (κ1) is 10.9. The highest BCUT2D eigenvalue weighted by molar-refractivity contribution is 9.10. The van der Waals surface area contributed by atoms with Gasteiger partial charge in [-0.05, 0) is 42.5 Å². The Kier molecular flexibility index (Phi) is 3.26. The number of likely N-dealkylation sites (N-methyl/N-ethyl adjacent to an activating group) is 1. The second-order valence-corrected chi connectivity index (χ2v) is 5.03. The molecule has 0 bridgehead atoms. The second-order valence-electron chi connectivity index (χ2n) is 4.18. The van der Waals surface area contributed by atoms with Gasteiger partial charge in [-0.2, -0.15) is 0 Å². The van der Waals surface area contributed by atoms with Crippen LogP contribution in [0, 0.1) is 0 Å². The summed E-state index contributed by atoms with van der Waals surface area (Å²) in [4.78, 5) is 8.80. The van der Waals surface area contributed by atoms with Crippen molar-refractivity contribution >= 4 is 21.6 Å². The lowest BCUT2D eigenvalue weighted by Gasteiger charge is -2.22. The third-order valence-electron chi connectivity index (χ3n) is 2.99. The van der Waals surface area contributed by atoms with Gasteiger partial charge in [0.05, 0.1) is 10.2 Å². The van der Waals surface area contributed by atoms with Gasteiger partial charge in [0.15, 0.2) is 0 Å². The number of nitrogens with zero attached hydrogens (tertiary/aromatic N) is 3. The number of aromatic nitrogens is 1. The van der Waals surface area contributed by atoms with Gasteiger partial charge in [0, 0.05) is 31.5 Å². The Morgan fingerprint density at radius 3 is 2.93 bits per heavy atom. The van der Waals surface area contributed by atoms with Crippen LogP contribution in [0.2, 0.25) is 0 Å². The van der Waals surface area contributed by atoms with Crippen LogP contribution in [0.25, 0.3) is 0 Å². The molecule has 82 valence electrons. The number of hydrogen-bond donors (Lipinski definition) is 0. The van der Waals surface area contributed by atoms with Crippen LogP contribution in [0.5, 0.6) is 0 Å². The van der Waals surface area contributed by atoms with Crippen LogP contribution in [0.15, 0.2) is 22.9 Å². The molecule has 1 unspecified atom stereocenters. The van der Waals surface area contributed by atoms with Crippen molar-refractivity contribution in [3.8, 4) is 0 Å². The quantitative estimate of drug-likeness (QED) is 0.819. The van der Waals surface area contributed by atoms with Gasteiger partial charge in [0.25, 0.3) is 0 Å². The summed E-state index contributed by atoms with van der Waals surface area (Å²) in [6, 6.07) is 2.74. The molecule has 0 N–H and O–H groups in total. The Bertz CT molecular complexity index is 340. The Balaban J connectivity index is 2.11. The molecule has 1 aromatic heterocycles. The van der Waals surface area contributed by atoms with Gasteiger partial charge in [-0.3, -0.25) is 4.98 Å². The van der Waals surface area contributed by atoms with Crippen molar-refractivity contribution in [3.05, 3.63) is 22.9 Å². The predicted molar refractivity (Wildman–Crippen MR) is 66.2 cm³/mol. The number of rotatable bonds is 2. The van der Waals surface area contributed by atoms with Crippen molar-refractivity contribution in [2.45, 2.75) is 12.5 Å². The van der Waals surface area contributed by atoms with E-state index in [-0.39, 0.29) is 0 Å². The van der Waals surface area contributed by atoms with Gasteiger partial charge in [-0.15, -0.1) is 0 Å². The van der Waals surface area contributed by atoms with Crippen LogP contribution in [0.4, 0.5) is 5.69 Å². The van der Waals surface area contributed by atoms with E-state index in [4.69, 9.17) is 0 Å². The fourth-order valence-electron chi connectivity index (χ4n) is 2.01. The molecule has 1 atom stereocenters. The van der Waals surface area contributed by atoms with Crippen LogP contribution in [-0.4, -0.2) is 43.1 Å². The van der Waals surface area contributed by atoms with Crippen molar-refractivity contribution in [3.63, 3.8) is 0 Å². The lowest BCUT2D eigenvalue weighted by Crippen LogP contribution is -2.31. The van der Waals surface area contributed by atoms with Crippen molar-refractivity contribution in [1.82, 2.24) is 9.88 Å². The molecule has 2 heterocycles. The molecule has 1 saturated heterocycles. The highest BCUT2D eigenvalue weighted by Gasteiger charge is 2.24. The lowest BCUT2D eigenvalue weighted by atomic mass is 10.2. The summed E-state index contributed by atoms with van der Waals surface area (Å²) in [7, 11) is 4.30. The minimum absolute atomic E-state index is 0.671. The number of anilines is 1. The SMILES string of the molecule is CN(C)C1CCN(c2ccncc2Br)C1. The summed E-state index contributed by atoms with van der Waals surface area (Å²) in [5.41, 5.74) is 1.26. The maximum Gasteiger partial charge on any atom is 0.0592 e. The van der Waals surface area contributed by atoms with Crippen LogP contribution < -0.4 is 4.90 Å². The normalized spacial score (nSPS) is 21.3. The first-order valence-corrected chi connectivity index (χ1v) is 5.98. The summed E-state index contributed by atoms with van der Waals surface area (Å²) in [6.45, 7) is 2.24. The molecule has 1 aliphatic heterocycles. The van der Waals surface area contributed by atoms with E-state index in [1.807, 2.05) is 12.4 Å². The van der Waals surface area contributed by atoms with E-state index in [1.54, 1.807) is 0 Å². The predicted octanol–water partition coefficient (Wildman–Crippen LogP) is 1.98. The Hall–Kier alpha value is -0.610. The van der Waals surface area contributed by atoms with Crippen LogP contribution in [0.1, 0.15) is 6.42 Å². The van der Waals surface area contributed by atoms with Gasteiger partial charge in [0.2, 0.25) is 0 Å². The van der Waals surface area contributed by atoms with Gasteiger partial charge >= 0.3 is 0 Å². The average molecular weight is 270 g/mol. The Morgan fingerprint density at radius 1 is 1.53 bits per heavy atom. The van der Waals surface area contributed by atoms with Crippen molar-refractivity contribution in [2.24, 2.45) is 0 Å². The third kappa shape index (κ3) is 2.32. The molecule has 1 fully saturated rings. The molecule has 15 heavy (non-hydrogen) atoms. The van der Waals surface area contributed by atoms with Crippen molar-refractivity contribution in [2.75, 3.05) is 32.1 Å². The number of halogens is 1. The topological polar surface area (TPSA) is 19.4 Å². The van der Waals surface area contributed by atoms with E-state index in [2.05, 4.69) is 50.9 Å². The van der Waals surface area contributed by atoms with Gasteiger partial charge in [0.1, 0.15) is 0 Å². The van der Waals surface area contributed by atoms with Crippen molar-refractivity contribution in [1.29, 1.82) is 0 Å². The summed E-state index contributed by atoms with van der Waals surface area (Å²) in [5, 5.41) is 0. The monoisotopic (exact) mass is 269 g/mol. The van der Waals surface area contributed by atoms with E-state index in [0.29, 0.717) is 6.04 Å². The van der Waals surface area contributed by atoms with Crippen molar-refractivity contribution < 1.29 is 0 Å².